The van der Waals surface area contributed by atoms with Gasteiger partial charge in [-0.2, -0.15) is 0 Å². The van der Waals surface area contributed by atoms with Crippen molar-refractivity contribution in [1.82, 2.24) is 10.6 Å². The molecule has 1 aromatic carbocycles. The van der Waals surface area contributed by atoms with Crippen LogP contribution >= 0.6 is 0 Å². The van der Waals surface area contributed by atoms with Gasteiger partial charge in [-0.3, -0.25) is 4.79 Å². The van der Waals surface area contributed by atoms with Crippen molar-refractivity contribution in [2.75, 3.05) is 19.8 Å². The molecule has 0 saturated heterocycles. The van der Waals surface area contributed by atoms with Crippen molar-refractivity contribution in [2.24, 2.45) is 5.92 Å². The molecule has 0 bridgehead atoms. The Hall–Kier alpha value is -1.39. The lowest BCUT2D eigenvalue weighted by atomic mass is 9.95. The molecular formula is C16H22N2O2. The number of benzene rings is 1. The van der Waals surface area contributed by atoms with E-state index in [2.05, 4.69) is 22.8 Å². The minimum absolute atomic E-state index is 0.0783. The molecule has 2 aliphatic rings. The number of nitrogens with one attached hydrogen (secondary N) is 2. The zero-order valence-electron chi connectivity index (χ0n) is 11.7. The van der Waals surface area contributed by atoms with Crippen LogP contribution in [0.4, 0.5) is 0 Å². The third-order valence-corrected chi connectivity index (χ3v) is 3.99. The molecule has 4 nitrogen and oxygen atoms in total. The minimum Gasteiger partial charge on any atom is -0.379 e. The molecule has 20 heavy (non-hydrogen) atoms. The van der Waals surface area contributed by atoms with Gasteiger partial charge in [0.25, 0.3) is 0 Å². The maximum Gasteiger partial charge on any atom is 0.237 e. The fourth-order valence-corrected chi connectivity index (χ4v) is 2.54. The van der Waals surface area contributed by atoms with Gasteiger partial charge in [0.1, 0.15) is 0 Å². The first-order valence-electron chi connectivity index (χ1n) is 7.48. The van der Waals surface area contributed by atoms with E-state index in [1.165, 1.54) is 24.0 Å². The Kier molecular flexibility index (Phi) is 4.33. The smallest absolute Gasteiger partial charge is 0.237 e. The van der Waals surface area contributed by atoms with Crippen LogP contribution in [0.25, 0.3) is 0 Å². The topological polar surface area (TPSA) is 50.4 Å². The number of hydrogen-bond donors (Lipinski definition) is 2. The fourth-order valence-electron chi connectivity index (χ4n) is 2.54. The van der Waals surface area contributed by atoms with Crippen LogP contribution in [0.15, 0.2) is 24.3 Å². The van der Waals surface area contributed by atoms with Gasteiger partial charge in [-0.05, 0) is 36.3 Å². The Morgan fingerprint density at radius 3 is 2.90 bits per heavy atom. The van der Waals surface area contributed by atoms with Gasteiger partial charge < -0.3 is 15.4 Å². The molecule has 1 atom stereocenters. The largest absolute Gasteiger partial charge is 0.379 e. The van der Waals surface area contributed by atoms with Gasteiger partial charge in [0.15, 0.2) is 0 Å². The molecule has 108 valence electrons. The quantitative estimate of drug-likeness (QED) is 0.768. The molecule has 1 aliphatic heterocycles. The molecule has 0 unspecified atom stereocenters. The molecule has 1 amide bonds. The fraction of sp³-hybridized carbons (Fsp3) is 0.562. The van der Waals surface area contributed by atoms with E-state index >= 15 is 0 Å². The molecule has 1 aliphatic carbocycles. The maximum absolute atomic E-state index is 12.1. The first-order chi connectivity index (χ1) is 9.83. The van der Waals surface area contributed by atoms with Crippen LogP contribution < -0.4 is 10.6 Å². The number of hydrogen-bond acceptors (Lipinski definition) is 3. The van der Waals surface area contributed by atoms with Gasteiger partial charge in [0, 0.05) is 19.7 Å². The summed E-state index contributed by atoms with van der Waals surface area (Å²) in [5, 5.41) is 6.24. The van der Waals surface area contributed by atoms with Crippen LogP contribution in [0.5, 0.6) is 0 Å². The van der Waals surface area contributed by atoms with Gasteiger partial charge in [-0.1, -0.05) is 24.3 Å². The molecule has 1 saturated carbocycles. The Morgan fingerprint density at radius 2 is 2.10 bits per heavy atom. The van der Waals surface area contributed by atoms with Gasteiger partial charge in [0.05, 0.1) is 12.6 Å². The van der Waals surface area contributed by atoms with Crippen molar-refractivity contribution >= 4 is 5.91 Å². The average molecular weight is 274 g/mol. The molecule has 1 fully saturated rings. The first kappa shape index (κ1) is 13.6. The SMILES string of the molecule is O=C(NCCOCC1CC1)[C@H]1Cc2ccccc2CN1. The zero-order chi connectivity index (χ0) is 13.8. The molecule has 2 N–H and O–H groups in total. The summed E-state index contributed by atoms with van der Waals surface area (Å²) in [4.78, 5) is 12.1. The Morgan fingerprint density at radius 1 is 1.30 bits per heavy atom. The monoisotopic (exact) mass is 274 g/mol. The molecule has 0 aromatic heterocycles. The average Bonchev–Trinajstić information content (AvgIpc) is 3.30. The van der Waals surface area contributed by atoms with E-state index in [1.54, 1.807) is 0 Å². The highest BCUT2D eigenvalue weighted by molar-refractivity contribution is 5.82. The van der Waals surface area contributed by atoms with E-state index in [-0.39, 0.29) is 11.9 Å². The van der Waals surface area contributed by atoms with Crippen LogP contribution in [0.1, 0.15) is 24.0 Å². The summed E-state index contributed by atoms with van der Waals surface area (Å²) < 4.78 is 5.52. The summed E-state index contributed by atoms with van der Waals surface area (Å²) in [5.74, 6) is 0.858. The summed E-state index contributed by atoms with van der Waals surface area (Å²) in [5.41, 5.74) is 2.57. The summed E-state index contributed by atoms with van der Waals surface area (Å²) in [6.45, 7) is 2.84. The van der Waals surface area contributed by atoms with E-state index in [4.69, 9.17) is 4.74 Å². The number of fused-ring (bicyclic) bond motifs is 1. The second kappa shape index (κ2) is 6.37. The molecular weight excluding hydrogens is 252 g/mol. The van der Waals surface area contributed by atoms with E-state index < -0.39 is 0 Å². The maximum atomic E-state index is 12.1. The normalized spacial score (nSPS) is 21.3. The lowest BCUT2D eigenvalue weighted by molar-refractivity contribution is -0.123. The van der Waals surface area contributed by atoms with Crippen LogP contribution in [0.2, 0.25) is 0 Å². The van der Waals surface area contributed by atoms with Gasteiger partial charge in [0.2, 0.25) is 5.91 Å². The number of amides is 1. The third-order valence-electron chi connectivity index (χ3n) is 3.99. The van der Waals surface area contributed by atoms with Crippen LogP contribution in [-0.2, 0) is 22.5 Å². The van der Waals surface area contributed by atoms with Crippen LogP contribution in [0, 0.1) is 5.92 Å². The lowest BCUT2D eigenvalue weighted by Gasteiger charge is -2.25. The highest BCUT2D eigenvalue weighted by Crippen LogP contribution is 2.28. The highest BCUT2D eigenvalue weighted by atomic mass is 16.5. The number of carbonyl (C=O) groups excluding carboxylic acids is 1. The van der Waals surface area contributed by atoms with Crippen molar-refractivity contribution in [1.29, 1.82) is 0 Å². The van der Waals surface area contributed by atoms with Crippen molar-refractivity contribution in [2.45, 2.75) is 31.8 Å². The number of carbonyl (C=O) groups is 1. The van der Waals surface area contributed by atoms with Crippen molar-refractivity contribution < 1.29 is 9.53 Å². The second-order valence-electron chi connectivity index (χ2n) is 5.72. The first-order valence-corrected chi connectivity index (χ1v) is 7.48. The van der Waals surface area contributed by atoms with Crippen LogP contribution in [-0.4, -0.2) is 31.7 Å². The number of rotatable bonds is 6. The van der Waals surface area contributed by atoms with Crippen molar-refractivity contribution in [3.8, 4) is 0 Å². The molecule has 4 heteroatoms. The van der Waals surface area contributed by atoms with E-state index in [0.717, 1.165) is 25.5 Å². The molecule has 0 spiro atoms. The minimum atomic E-state index is -0.117. The Balaban J connectivity index is 1.39. The molecule has 0 radical (unpaired) electrons. The van der Waals surface area contributed by atoms with Crippen molar-refractivity contribution in [3.63, 3.8) is 0 Å². The van der Waals surface area contributed by atoms with Crippen molar-refractivity contribution in [3.05, 3.63) is 35.4 Å². The van der Waals surface area contributed by atoms with E-state index in [1.807, 2.05) is 12.1 Å². The molecule has 3 rings (SSSR count). The van der Waals surface area contributed by atoms with Crippen LogP contribution in [0.3, 0.4) is 0 Å². The van der Waals surface area contributed by atoms with Gasteiger partial charge in [-0.25, -0.2) is 0 Å². The van der Waals surface area contributed by atoms with Gasteiger partial charge in [-0.15, -0.1) is 0 Å². The zero-order valence-corrected chi connectivity index (χ0v) is 11.7. The predicted molar refractivity (Wildman–Crippen MR) is 77.3 cm³/mol. The highest BCUT2D eigenvalue weighted by Gasteiger charge is 2.23. The molecule has 1 heterocycles. The summed E-state index contributed by atoms with van der Waals surface area (Å²) in [6, 6.07) is 8.17. The summed E-state index contributed by atoms with van der Waals surface area (Å²) in [7, 11) is 0. The standard InChI is InChI=1S/C16H22N2O2/c19-16(17-7-8-20-11-12-5-6-12)15-9-13-3-1-2-4-14(13)10-18-15/h1-4,12,15,18H,5-11H2,(H,17,19)/t15-/m1/s1. The summed E-state index contributed by atoms with van der Waals surface area (Å²) in [6.07, 6.45) is 3.38. The summed E-state index contributed by atoms with van der Waals surface area (Å²) >= 11 is 0. The van der Waals surface area contributed by atoms with Gasteiger partial charge >= 0.3 is 0 Å². The Bertz CT molecular complexity index is 471. The lowest BCUT2D eigenvalue weighted by Crippen LogP contribution is -2.48. The van der Waals surface area contributed by atoms with E-state index in [0.29, 0.717) is 13.2 Å². The Labute approximate surface area is 119 Å². The predicted octanol–water partition coefficient (Wildman–Crippen LogP) is 1.24. The molecule has 1 aromatic rings. The number of ether oxygens (including phenoxy) is 1. The third kappa shape index (κ3) is 3.58. The van der Waals surface area contributed by atoms with E-state index in [9.17, 15) is 4.79 Å². The second-order valence-corrected chi connectivity index (χ2v) is 5.72.